The second kappa shape index (κ2) is 10.3. The smallest absolute Gasteiger partial charge is 0.364 e. The van der Waals surface area contributed by atoms with E-state index in [4.69, 9.17) is 9.84 Å². The summed E-state index contributed by atoms with van der Waals surface area (Å²) in [5.74, 6) is -2.87. The number of carboxylic acid groups (broad SMARTS) is 1. The molecule has 1 N–H and O–H groups in total. The van der Waals surface area contributed by atoms with Crippen molar-refractivity contribution in [3.63, 3.8) is 0 Å². The third kappa shape index (κ3) is 5.23. The largest absolute Gasteiger partial charge is 0.476 e. The van der Waals surface area contributed by atoms with E-state index in [1.165, 1.54) is 4.40 Å². The molecule has 3 aromatic heterocycles. The van der Waals surface area contributed by atoms with Gasteiger partial charge in [0.1, 0.15) is 17.5 Å². The van der Waals surface area contributed by atoms with Gasteiger partial charge in [-0.1, -0.05) is 13.8 Å². The molecule has 0 aromatic carbocycles. The average molecular weight is 498 g/mol. The fourth-order valence-electron chi connectivity index (χ4n) is 3.79. The molecule has 0 aliphatic carbocycles. The van der Waals surface area contributed by atoms with Crippen molar-refractivity contribution in [3.05, 3.63) is 61.7 Å². The van der Waals surface area contributed by atoms with Crippen molar-refractivity contribution in [1.82, 2.24) is 14.4 Å². The van der Waals surface area contributed by atoms with Gasteiger partial charge in [-0.3, -0.25) is 9.20 Å². The Kier molecular flexibility index (Phi) is 7.23. The number of pyridine rings is 1. The molecule has 1 aliphatic heterocycles. The van der Waals surface area contributed by atoms with E-state index in [1.54, 1.807) is 34.6 Å². The predicted octanol–water partition coefficient (Wildman–Crippen LogP) is 3.18. The van der Waals surface area contributed by atoms with Crippen molar-refractivity contribution in [3.8, 4) is 6.07 Å². The van der Waals surface area contributed by atoms with E-state index in [9.17, 15) is 19.2 Å². The molecule has 1 fully saturated rings. The second-order valence-corrected chi connectivity index (χ2v) is 9.39. The first-order chi connectivity index (χ1) is 16.8. The van der Waals surface area contributed by atoms with Gasteiger partial charge in [-0.25, -0.2) is 14.8 Å². The molecule has 182 valence electrons. The maximum absolute atomic E-state index is 14.1. The fourth-order valence-corrected chi connectivity index (χ4v) is 4.75. The van der Waals surface area contributed by atoms with E-state index in [0.717, 1.165) is 22.7 Å². The number of nitriles is 1. The fraction of sp³-hybridized carbons (Fsp3) is 0.375. The zero-order chi connectivity index (χ0) is 25.1. The first kappa shape index (κ1) is 24.5. The maximum atomic E-state index is 14.1. The minimum absolute atomic E-state index is 0.0555. The molecule has 35 heavy (non-hydrogen) atoms. The number of nitrogens with zero attached hydrogens (tertiary/aromatic N) is 5. The summed E-state index contributed by atoms with van der Waals surface area (Å²) in [6.07, 6.45) is 3.62. The number of carboxylic acids is 1. The molecule has 0 amide bonds. The Morgan fingerprint density at radius 1 is 1.43 bits per heavy atom. The van der Waals surface area contributed by atoms with E-state index >= 15 is 0 Å². The van der Waals surface area contributed by atoms with Crippen molar-refractivity contribution in [2.75, 3.05) is 24.7 Å². The number of aliphatic carboxylic acids is 1. The number of hydrogen-bond acceptors (Lipinski definition) is 8. The molecular weight excluding hydrogens is 473 g/mol. The average Bonchev–Trinajstić information content (AvgIpc) is 3.33. The van der Waals surface area contributed by atoms with E-state index in [-0.39, 0.29) is 31.1 Å². The molecule has 1 saturated heterocycles. The number of fused-ring (bicyclic) bond motifs is 1. The molecule has 4 heterocycles. The van der Waals surface area contributed by atoms with Gasteiger partial charge < -0.3 is 14.7 Å². The summed E-state index contributed by atoms with van der Waals surface area (Å²) in [6.45, 7) is 4.82. The lowest BCUT2D eigenvalue weighted by atomic mass is 10.1. The summed E-state index contributed by atoms with van der Waals surface area (Å²) in [5.41, 5.74) is 1.45. The van der Waals surface area contributed by atoms with Gasteiger partial charge in [-0.2, -0.15) is 9.65 Å². The number of anilines is 1. The van der Waals surface area contributed by atoms with Crippen LogP contribution in [-0.2, 0) is 22.4 Å². The number of aromatic nitrogens is 3. The quantitative estimate of drug-likeness (QED) is 0.494. The minimum Gasteiger partial charge on any atom is -0.476 e. The highest BCUT2D eigenvalue weighted by molar-refractivity contribution is 7.09. The maximum Gasteiger partial charge on any atom is 0.364 e. The van der Waals surface area contributed by atoms with Gasteiger partial charge in [0, 0.05) is 24.5 Å². The number of ether oxygens (including phenoxy) is 1. The Morgan fingerprint density at radius 3 is 2.91 bits per heavy atom. The zero-order valence-electron chi connectivity index (χ0n) is 19.3. The standard InChI is InChI=1S/C24H24FN5O4S/c1-14(2)19-13-35-21(27-19)4-3-15-5-6-30-20(9-15)28-22(29-7-8-34-12-16(29)11-26)17(23(30)31)10-18(25)24(32)33/h5-6,9-10,13-14,16H,3-4,7-8,12H2,1-2H3,(H,32,33)/b18-10-. The first-order valence-corrected chi connectivity index (χ1v) is 12.0. The van der Waals surface area contributed by atoms with Crippen LogP contribution in [0, 0.1) is 11.3 Å². The molecular formula is C24H24FN5O4S. The lowest BCUT2D eigenvalue weighted by Gasteiger charge is -2.33. The number of halogens is 1. The summed E-state index contributed by atoms with van der Waals surface area (Å²) in [6, 6.07) is 4.90. The van der Waals surface area contributed by atoms with Crippen LogP contribution in [0.3, 0.4) is 0 Å². The summed E-state index contributed by atoms with van der Waals surface area (Å²) in [4.78, 5) is 35.2. The number of thiazole rings is 1. The Hall–Kier alpha value is -3.62. The highest BCUT2D eigenvalue weighted by Gasteiger charge is 2.28. The van der Waals surface area contributed by atoms with E-state index in [2.05, 4.69) is 35.3 Å². The Morgan fingerprint density at radius 2 is 2.23 bits per heavy atom. The van der Waals surface area contributed by atoms with Crippen molar-refractivity contribution < 1.29 is 19.0 Å². The lowest BCUT2D eigenvalue weighted by Crippen LogP contribution is -2.46. The SMILES string of the molecule is CC(C)c1csc(CCc2ccn3c(=O)c(/C=C(\F)C(=O)O)c(N4CCOCC4C#N)nc3c2)n1. The van der Waals surface area contributed by atoms with Gasteiger partial charge >= 0.3 is 5.97 Å². The van der Waals surface area contributed by atoms with Gasteiger partial charge in [0.25, 0.3) is 5.56 Å². The number of hydrogen-bond donors (Lipinski definition) is 1. The van der Waals surface area contributed by atoms with Gasteiger partial charge in [-0.15, -0.1) is 11.3 Å². The summed E-state index contributed by atoms with van der Waals surface area (Å²) in [5, 5.41) is 21.6. The molecule has 0 bridgehead atoms. The summed E-state index contributed by atoms with van der Waals surface area (Å²) < 4.78 is 20.7. The molecule has 1 atom stereocenters. The summed E-state index contributed by atoms with van der Waals surface area (Å²) in [7, 11) is 0. The molecule has 4 rings (SSSR count). The van der Waals surface area contributed by atoms with Crippen LogP contribution in [0.5, 0.6) is 0 Å². The van der Waals surface area contributed by atoms with Gasteiger partial charge in [-0.05, 0) is 36.1 Å². The third-order valence-corrected chi connectivity index (χ3v) is 6.65. The number of aryl methyl sites for hydroxylation is 2. The van der Waals surface area contributed by atoms with Crippen LogP contribution in [0.1, 0.15) is 41.6 Å². The van der Waals surface area contributed by atoms with Crippen LogP contribution in [0.25, 0.3) is 11.7 Å². The van der Waals surface area contributed by atoms with Crippen LogP contribution in [0.15, 0.2) is 34.3 Å². The van der Waals surface area contributed by atoms with Crippen LogP contribution < -0.4 is 10.5 Å². The number of rotatable bonds is 7. The van der Waals surface area contributed by atoms with Gasteiger partial charge in [0.05, 0.1) is 35.5 Å². The minimum atomic E-state index is -1.79. The highest BCUT2D eigenvalue weighted by Crippen LogP contribution is 2.24. The predicted molar refractivity (Wildman–Crippen MR) is 129 cm³/mol. The van der Waals surface area contributed by atoms with E-state index in [0.29, 0.717) is 24.1 Å². The topological polar surface area (TPSA) is 121 Å². The number of carbonyl (C=O) groups is 1. The van der Waals surface area contributed by atoms with Crippen LogP contribution in [-0.4, -0.2) is 51.2 Å². The molecule has 0 radical (unpaired) electrons. The van der Waals surface area contributed by atoms with Crippen LogP contribution >= 0.6 is 11.3 Å². The molecule has 3 aromatic rings. The third-order valence-electron chi connectivity index (χ3n) is 5.72. The molecule has 1 aliphatic rings. The molecule has 0 spiro atoms. The number of morpholine rings is 1. The zero-order valence-corrected chi connectivity index (χ0v) is 20.1. The summed E-state index contributed by atoms with van der Waals surface area (Å²) >= 11 is 1.62. The van der Waals surface area contributed by atoms with Crippen molar-refractivity contribution in [2.45, 2.75) is 38.6 Å². The monoisotopic (exact) mass is 497 g/mol. The normalized spacial score (nSPS) is 16.6. The van der Waals surface area contributed by atoms with Crippen molar-refractivity contribution in [1.29, 1.82) is 5.26 Å². The first-order valence-electron chi connectivity index (χ1n) is 11.1. The Bertz CT molecular complexity index is 1390. The van der Waals surface area contributed by atoms with Gasteiger partial charge in [0.15, 0.2) is 0 Å². The molecule has 1 unspecified atom stereocenters. The lowest BCUT2D eigenvalue weighted by molar-refractivity contribution is -0.134. The second-order valence-electron chi connectivity index (χ2n) is 8.45. The molecule has 9 nitrogen and oxygen atoms in total. The highest BCUT2D eigenvalue weighted by atomic mass is 32.1. The Labute approximate surface area is 204 Å². The Balaban J connectivity index is 1.75. The van der Waals surface area contributed by atoms with Gasteiger partial charge in [0.2, 0.25) is 5.83 Å². The van der Waals surface area contributed by atoms with E-state index in [1.807, 2.05) is 0 Å². The molecule has 11 heteroatoms. The van der Waals surface area contributed by atoms with Crippen LogP contribution in [0.4, 0.5) is 10.2 Å². The van der Waals surface area contributed by atoms with E-state index < -0.39 is 23.4 Å². The van der Waals surface area contributed by atoms with Crippen molar-refractivity contribution in [2.24, 2.45) is 0 Å². The van der Waals surface area contributed by atoms with Crippen molar-refractivity contribution >= 4 is 34.8 Å². The van der Waals surface area contributed by atoms with Crippen LogP contribution in [0.2, 0.25) is 0 Å². The molecule has 0 saturated carbocycles.